The Morgan fingerprint density at radius 1 is 0.586 bits per heavy atom. The molecule has 0 atom stereocenters. The van der Waals surface area contributed by atoms with Crippen LogP contribution in [0, 0.1) is 41.5 Å². The molecule has 0 aliphatic heterocycles. The number of nitrogens with zero attached hydrogens (tertiary/aromatic N) is 5. The van der Waals surface area contributed by atoms with E-state index in [1.165, 1.54) is 30.3 Å². The molecular formula is C43H43N9O5S. The molecule has 6 rings (SSSR count). The second-order valence-electron chi connectivity index (χ2n) is 13.4. The topological polar surface area (TPSA) is 212 Å². The molecule has 0 spiro atoms. The Morgan fingerprint density at radius 2 is 1.21 bits per heavy atom. The Bertz CT molecular complexity index is 2870. The van der Waals surface area contributed by atoms with Gasteiger partial charge in [0.2, 0.25) is 10.9 Å². The number of anilines is 3. The van der Waals surface area contributed by atoms with E-state index in [2.05, 4.69) is 41.6 Å². The molecule has 6 N–H and O–H groups in total. The van der Waals surface area contributed by atoms with E-state index in [1.807, 2.05) is 114 Å². The molecule has 6 aromatic rings. The van der Waals surface area contributed by atoms with E-state index in [9.17, 15) is 18.0 Å². The van der Waals surface area contributed by atoms with Gasteiger partial charge < -0.3 is 11.1 Å². The van der Waals surface area contributed by atoms with E-state index in [-0.39, 0.29) is 15.9 Å². The van der Waals surface area contributed by atoms with Gasteiger partial charge >= 0.3 is 0 Å². The molecule has 6 aromatic carbocycles. The van der Waals surface area contributed by atoms with Gasteiger partial charge in [-0.05, 0) is 112 Å². The maximum Gasteiger partial charge on any atom is 0.294 e. The van der Waals surface area contributed by atoms with Crippen LogP contribution in [0.4, 0.5) is 34.1 Å². The molecule has 15 heteroatoms. The van der Waals surface area contributed by atoms with E-state index < -0.39 is 26.3 Å². The number of nitrogens with one attached hydrogen (secondary N) is 3. The summed E-state index contributed by atoms with van der Waals surface area (Å²) in [5.74, 6) is 0.401. The quantitative estimate of drug-likeness (QED) is 0.0324. The van der Waals surface area contributed by atoms with Gasteiger partial charge in [0.25, 0.3) is 10.1 Å². The van der Waals surface area contributed by atoms with Crippen LogP contribution < -0.4 is 43.5 Å². The summed E-state index contributed by atoms with van der Waals surface area (Å²) in [5, 5.41) is 19.0. The van der Waals surface area contributed by atoms with Gasteiger partial charge in [-0.1, -0.05) is 71.8 Å². The Labute approximate surface area is 335 Å². The van der Waals surface area contributed by atoms with Gasteiger partial charge in [0.15, 0.2) is 11.3 Å². The van der Waals surface area contributed by atoms with E-state index in [0.717, 1.165) is 44.8 Å². The van der Waals surface area contributed by atoms with Crippen molar-refractivity contribution in [3.8, 4) is 0 Å². The molecule has 14 nitrogen and oxygen atoms in total. The van der Waals surface area contributed by atoms with E-state index >= 15 is 0 Å². The number of rotatable bonds is 9. The first-order valence-electron chi connectivity index (χ1n) is 17.9. The number of nitrogens with two attached hydrogens (primary N) is 1. The SMILES string of the molecule is Cc1ccc(N=Nc2c/c(=N\Nc3ccc(S(=O)(=O)O)cc3)c(=O)/c(=N/Nc3ccc(C)cc3C)c2=O)c(C)c1.Cc1ccccc1N=C(N)Nc1ccccc1C. The van der Waals surface area contributed by atoms with Crippen LogP contribution in [-0.4, -0.2) is 18.9 Å². The smallest absolute Gasteiger partial charge is 0.294 e. The van der Waals surface area contributed by atoms with Gasteiger partial charge in [0.05, 0.1) is 27.6 Å². The van der Waals surface area contributed by atoms with Gasteiger partial charge in [-0.3, -0.25) is 25.0 Å². The molecule has 0 aliphatic carbocycles. The van der Waals surface area contributed by atoms with Gasteiger partial charge in [-0.2, -0.15) is 23.7 Å². The van der Waals surface area contributed by atoms with Gasteiger partial charge in [0.1, 0.15) is 11.0 Å². The molecule has 0 fully saturated rings. The predicted octanol–water partition coefficient (Wildman–Crippen LogP) is 7.40. The third-order valence-corrected chi connectivity index (χ3v) is 9.55. The van der Waals surface area contributed by atoms with Crippen molar-refractivity contribution in [1.82, 2.24) is 0 Å². The Balaban J connectivity index is 0.000000296. The molecule has 0 aromatic heterocycles. The lowest BCUT2D eigenvalue weighted by molar-refractivity contribution is 0.483. The molecule has 0 saturated heterocycles. The first-order valence-corrected chi connectivity index (χ1v) is 19.4. The zero-order valence-corrected chi connectivity index (χ0v) is 33.6. The normalized spacial score (nSPS) is 12.3. The molecule has 0 aliphatic rings. The van der Waals surface area contributed by atoms with E-state index in [1.54, 1.807) is 12.1 Å². The van der Waals surface area contributed by atoms with Crippen molar-refractivity contribution in [2.45, 2.75) is 46.4 Å². The zero-order chi connectivity index (χ0) is 42.0. The van der Waals surface area contributed by atoms with Crippen molar-refractivity contribution in [2.75, 3.05) is 16.2 Å². The molecule has 0 radical (unpaired) electrons. The highest BCUT2D eigenvalue weighted by molar-refractivity contribution is 7.85. The second-order valence-corrected chi connectivity index (χ2v) is 14.8. The number of guanidine groups is 1. The van der Waals surface area contributed by atoms with Crippen molar-refractivity contribution < 1.29 is 13.0 Å². The van der Waals surface area contributed by atoms with Crippen molar-refractivity contribution in [2.24, 2.45) is 31.2 Å². The molecular weight excluding hydrogens is 755 g/mol. The summed E-state index contributed by atoms with van der Waals surface area (Å²) in [6, 6.07) is 33.3. The standard InChI is InChI=1S/C28H26N6O5S.C15H17N3/c1-16-5-11-22(18(3)13-16)30-33-25-15-24(32-29-20-7-9-21(10-8-20)40(37,38)39)27(35)26(28(25)36)34-31-23-12-6-17(2)14-19(23)4;1-11-7-3-5-9-13(11)17-15(16)18-14-10-6-4-8-12(14)2/h5-15,29,31H,1-4H3,(H,37,38,39);3-10H,1-2H3,(H3,16,17,18)/b32-24+,33-30?,34-26-;. The molecule has 0 bridgehead atoms. The highest BCUT2D eigenvalue weighted by Crippen LogP contribution is 2.22. The minimum atomic E-state index is -4.36. The van der Waals surface area contributed by atoms with Crippen molar-refractivity contribution >= 4 is 50.2 Å². The van der Waals surface area contributed by atoms with Crippen LogP contribution in [0.3, 0.4) is 0 Å². The third kappa shape index (κ3) is 11.2. The monoisotopic (exact) mass is 797 g/mol. The number of benzene rings is 6. The summed E-state index contributed by atoms with van der Waals surface area (Å²) in [6.45, 7) is 11.7. The highest BCUT2D eigenvalue weighted by atomic mass is 32.2. The lowest BCUT2D eigenvalue weighted by Gasteiger charge is -2.08. The molecule has 0 saturated carbocycles. The minimum absolute atomic E-state index is 0.150. The van der Waals surface area contributed by atoms with Gasteiger partial charge in [-0.25, -0.2) is 4.99 Å². The molecule has 296 valence electrons. The van der Waals surface area contributed by atoms with Crippen molar-refractivity contribution in [3.05, 3.63) is 180 Å². The van der Waals surface area contributed by atoms with Crippen molar-refractivity contribution in [3.63, 3.8) is 0 Å². The molecule has 0 amide bonds. The van der Waals surface area contributed by atoms with Crippen LogP contribution in [0.1, 0.15) is 33.4 Å². The van der Waals surface area contributed by atoms with Crippen LogP contribution in [0.2, 0.25) is 0 Å². The minimum Gasteiger partial charge on any atom is -0.369 e. The summed E-state index contributed by atoms with van der Waals surface area (Å²) in [4.78, 5) is 30.5. The fourth-order valence-electron chi connectivity index (χ4n) is 5.47. The van der Waals surface area contributed by atoms with Gasteiger partial charge in [0, 0.05) is 11.8 Å². The summed E-state index contributed by atoms with van der Waals surface area (Å²) in [7, 11) is -4.36. The average molecular weight is 798 g/mol. The zero-order valence-electron chi connectivity index (χ0n) is 32.8. The van der Waals surface area contributed by atoms with E-state index in [4.69, 9.17) is 10.3 Å². The first-order chi connectivity index (χ1) is 27.6. The maximum atomic E-state index is 13.2. The fraction of sp³-hybridized carbons (Fsp3) is 0.140. The lowest BCUT2D eigenvalue weighted by atomic mass is 10.1. The number of para-hydroxylation sites is 2. The largest absolute Gasteiger partial charge is 0.369 e. The Morgan fingerprint density at radius 3 is 1.84 bits per heavy atom. The van der Waals surface area contributed by atoms with Crippen LogP contribution in [-0.2, 0) is 10.1 Å². The molecule has 58 heavy (non-hydrogen) atoms. The first kappa shape index (κ1) is 42.1. The van der Waals surface area contributed by atoms with E-state index in [0.29, 0.717) is 23.0 Å². The number of aryl methyl sites for hydroxylation is 6. The van der Waals surface area contributed by atoms with Crippen LogP contribution in [0.5, 0.6) is 0 Å². The average Bonchev–Trinajstić information content (AvgIpc) is 3.17. The summed E-state index contributed by atoms with van der Waals surface area (Å²) >= 11 is 0. The molecule has 0 unspecified atom stereocenters. The summed E-state index contributed by atoms with van der Waals surface area (Å²) in [6.07, 6.45) is 0. The second kappa shape index (κ2) is 18.7. The maximum absolute atomic E-state index is 13.2. The predicted molar refractivity (Wildman–Crippen MR) is 229 cm³/mol. The van der Waals surface area contributed by atoms with Crippen LogP contribution >= 0.6 is 0 Å². The number of aliphatic imine (C=N–C) groups is 1. The fourth-order valence-corrected chi connectivity index (χ4v) is 5.95. The lowest BCUT2D eigenvalue weighted by Crippen LogP contribution is -2.48. The third-order valence-electron chi connectivity index (χ3n) is 8.68. The van der Waals surface area contributed by atoms with Crippen LogP contribution in [0.25, 0.3) is 0 Å². The Kier molecular flexibility index (Phi) is 13.6. The van der Waals surface area contributed by atoms with Gasteiger partial charge in [-0.15, -0.1) is 5.11 Å². The number of azo groups is 1. The number of hydrogen-bond donors (Lipinski definition) is 5. The highest BCUT2D eigenvalue weighted by Gasteiger charge is 2.11. The van der Waals surface area contributed by atoms with Crippen molar-refractivity contribution in [1.29, 1.82) is 0 Å². The van der Waals surface area contributed by atoms with Crippen LogP contribution in [0.15, 0.2) is 155 Å². The number of hydrogen-bond acceptors (Lipinski definition) is 11. The summed E-state index contributed by atoms with van der Waals surface area (Å²) < 4.78 is 31.7. The summed E-state index contributed by atoms with van der Waals surface area (Å²) in [5.41, 5.74) is 19.1. The molecule has 0 heterocycles. The Hall–Kier alpha value is -7.10.